The second-order valence-electron chi connectivity index (χ2n) is 4.73. The van der Waals surface area contributed by atoms with Crippen LogP contribution < -0.4 is 5.32 Å². The Hall–Kier alpha value is -1.47. The predicted octanol–water partition coefficient (Wildman–Crippen LogP) is 1.75. The molecule has 5 nitrogen and oxygen atoms in total. The monoisotopic (exact) mass is 316 g/mol. The van der Waals surface area contributed by atoms with E-state index in [0.29, 0.717) is 13.0 Å². The predicted molar refractivity (Wildman–Crippen MR) is 78.8 cm³/mol. The molecule has 7 heteroatoms. The highest BCUT2D eigenvalue weighted by atomic mass is 32.2. The van der Waals surface area contributed by atoms with Crippen molar-refractivity contribution < 1.29 is 17.6 Å². The second-order valence-corrected chi connectivity index (χ2v) is 6.78. The molecule has 0 aliphatic rings. The molecule has 0 spiro atoms. The third-order valence-corrected chi connectivity index (χ3v) is 4.84. The minimum Gasteiger partial charge on any atom is -0.356 e. The Balaban J connectivity index is 2.52. The Kier molecular flexibility index (Phi) is 6.77. The first-order valence-electron chi connectivity index (χ1n) is 6.86. The quantitative estimate of drug-likeness (QED) is 0.794. The topological polar surface area (TPSA) is 66.5 Å². The average Bonchev–Trinajstić information content (AvgIpc) is 2.45. The van der Waals surface area contributed by atoms with E-state index in [1.165, 1.54) is 23.5 Å². The van der Waals surface area contributed by atoms with Gasteiger partial charge in [-0.2, -0.15) is 0 Å². The molecule has 0 unspecified atom stereocenters. The summed E-state index contributed by atoms with van der Waals surface area (Å²) in [4.78, 5) is 11.5. The van der Waals surface area contributed by atoms with Gasteiger partial charge in [0.2, 0.25) is 15.9 Å². The molecule has 1 N–H and O–H groups in total. The summed E-state index contributed by atoms with van der Waals surface area (Å²) in [6.45, 7) is 2.82. The first-order chi connectivity index (χ1) is 9.87. The van der Waals surface area contributed by atoms with Crippen LogP contribution in [0.5, 0.6) is 0 Å². The van der Waals surface area contributed by atoms with Gasteiger partial charge in [0.05, 0.1) is 4.90 Å². The number of nitrogens with zero attached hydrogens (tertiary/aromatic N) is 1. The molecule has 0 aromatic heterocycles. The molecular weight excluding hydrogens is 295 g/mol. The zero-order valence-corrected chi connectivity index (χ0v) is 13.1. The number of hydrogen-bond donors (Lipinski definition) is 1. The van der Waals surface area contributed by atoms with E-state index in [1.807, 2.05) is 6.92 Å². The van der Waals surface area contributed by atoms with E-state index < -0.39 is 15.8 Å². The van der Waals surface area contributed by atoms with Crippen molar-refractivity contribution in [1.82, 2.24) is 9.62 Å². The Bertz CT molecular complexity index is 558. The molecule has 21 heavy (non-hydrogen) atoms. The second kappa shape index (κ2) is 8.09. The van der Waals surface area contributed by atoms with Crippen LogP contribution in [-0.4, -0.2) is 38.8 Å². The highest BCUT2D eigenvalue weighted by Gasteiger charge is 2.20. The molecule has 0 saturated carbocycles. The van der Waals surface area contributed by atoms with Crippen LogP contribution in [0.1, 0.15) is 26.2 Å². The van der Waals surface area contributed by atoms with Crippen LogP contribution in [0, 0.1) is 5.82 Å². The molecule has 0 heterocycles. The molecule has 0 aliphatic heterocycles. The van der Waals surface area contributed by atoms with Gasteiger partial charge < -0.3 is 5.32 Å². The maximum atomic E-state index is 12.8. The van der Waals surface area contributed by atoms with Crippen LogP contribution >= 0.6 is 0 Å². The minimum absolute atomic E-state index is 0.0434. The zero-order chi connectivity index (χ0) is 15.9. The van der Waals surface area contributed by atoms with Gasteiger partial charge in [-0.05, 0) is 37.1 Å². The maximum absolute atomic E-state index is 12.8. The molecule has 0 fully saturated rings. The number of hydrogen-bond acceptors (Lipinski definition) is 3. The Morgan fingerprint density at radius 1 is 1.29 bits per heavy atom. The third-order valence-electron chi connectivity index (χ3n) is 2.97. The molecule has 118 valence electrons. The summed E-state index contributed by atoms with van der Waals surface area (Å²) in [6.07, 6.45) is 1.58. The van der Waals surface area contributed by atoms with Gasteiger partial charge in [0.15, 0.2) is 0 Å². The number of sulfonamides is 1. The van der Waals surface area contributed by atoms with Crippen molar-refractivity contribution in [1.29, 1.82) is 0 Å². The van der Waals surface area contributed by atoms with Crippen LogP contribution in [0.15, 0.2) is 29.2 Å². The van der Waals surface area contributed by atoms with Crippen molar-refractivity contribution in [3.05, 3.63) is 30.1 Å². The van der Waals surface area contributed by atoms with Gasteiger partial charge in [-0.1, -0.05) is 6.92 Å². The van der Waals surface area contributed by atoms with Crippen molar-refractivity contribution >= 4 is 15.9 Å². The van der Waals surface area contributed by atoms with Crippen LogP contribution in [0.2, 0.25) is 0 Å². The molecule has 0 radical (unpaired) electrons. The Morgan fingerprint density at radius 2 is 1.90 bits per heavy atom. The minimum atomic E-state index is -3.64. The fraction of sp³-hybridized carbons (Fsp3) is 0.500. The molecule has 0 aliphatic carbocycles. The van der Waals surface area contributed by atoms with Gasteiger partial charge in [-0.25, -0.2) is 17.1 Å². The summed E-state index contributed by atoms with van der Waals surface area (Å²) in [5.74, 6) is -0.561. The normalized spacial score (nSPS) is 11.6. The van der Waals surface area contributed by atoms with Gasteiger partial charge in [-0.15, -0.1) is 0 Å². The number of rotatable bonds is 8. The lowest BCUT2D eigenvalue weighted by molar-refractivity contribution is -0.121. The lowest BCUT2D eigenvalue weighted by Gasteiger charge is -2.17. The Morgan fingerprint density at radius 3 is 2.48 bits per heavy atom. The lowest BCUT2D eigenvalue weighted by Crippen LogP contribution is -2.30. The standard InChI is InChI=1S/C14H21FN2O3S/c1-3-10-16-14(18)5-4-11-17(2)21(19,20)13-8-6-12(15)7-9-13/h6-9H,3-5,10-11H2,1-2H3,(H,16,18). The number of carbonyl (C=O) groups excluding carboxylic acids is 1. The van der Waals surface area contributed by atoms with Crippen LogP contribution in [0.25, 0.3) is 0 Å². The Labute approximate surface area is 125 Å². The van der Waals surface area contributed by atoms with Crippen LogP contribution in [0.4, 0.5) is 4.39 Å². The summed E-state index contributed by atoms with van der Waals surface area (Å²) in [7, 11) is -2.19. The molecule has 0 bridgehead atoms. The summed E-state index contributed by atoms with van der Waals surface area (Å²) in [5.41, 5.74) is 0. The first kappa shape index (κ1) is 17.6. The summed E-state index contributed by atoms with van der Waals surface area (Å²) >= 11 is 0. The van der Waals surface area contributed by atoms with Gasteiger partial charge in [-0.3, -0.25) is 4.79 Å². The van der Waals surface area contributed by atoms with Crippen LogP contribution in [-0.2, 0) is 14.8 Å². The van der Waals surface area contributed by atoms with E-state index in [4.69, 9.17) is 0 Å². The van der Waals surface area contributed by atoms with Gasteiger partial charge >= 0.3 is 0 Å². The molecule has 1 rings (SSSR count). The number of carbonyl (C=O) groups is 1. The summed E-state index contributed by atoms with van der Waals surface area (Å²) in [5, 5.41) is 2.73. The number of benzene rings is 1. The van der Waals surface area contributed by atoms with Crippen molar-refractivity contribution in [2.24, 2.45) is 0 Å². The largest absolute Gasteiger partial charge is 0.356 e. The number of nitrogens with one attached hydrogen (secondary N) is 1. The van der Waals surface area contributed by atoms with E-state index in [-0.39, 0.29) is 23.8 Å². The van der Waals surface area contributed by atoms with E-state index in [2.05, 4.69) is 5.32 Å². The molecular formula is C14H21FN2O3S. The lowest BCUT2D eigenvalue weighted by atomic mass is 10.3. The maximum Gasteiger partial charge on any atom is 0.242 e. The number of amides is 1. The van der Waals surface area contributed by atoms with E-state index >= 15 is 0 Å². The molecule has 1 aromatic rings. The van der Waals surface area contributed by atoms with Crippen LogP contribution in [0.3, 0.4) is 0 Å². The van der Waals surface area contributed by atoms with Crippen molar-refractivity contribution in [2.45, 2.75) is 31.1 Å². The highest BCUT2D eigenvalue weighted by molar-refractivity contribution is 7.89. The number of halogens is 1. The molecule has 1 amide bonds. The average molecular weight is 316 g/mol. The first-order valence-corrected chi connectivity index (χ1v) is 8.30. The SMILES string of the molecule is CCCNC(=O)CCCN(C)S(=O)(=O)c1ccc(F)cc1. The third kappa shape index (κ3) is 5.43. The smallest absolute Gasteiger partial charge is 0.242 e. The fourth-order valence-corrected chi connectivity index (χ4v) is 2.93. The van der Waals surface area contributed by atoms with Crippen molar-refractivity contribution in [3.63, 3.8) is 0 Å². The van der Waals surface area contributed by atoms with Crippen molar-refractivity contribution in [3.8, 4) is 0 Å². The van der Waals surface area contributed by atoms with E-state index in [9.17, 15) is 17.6 Å². The van der Waals surface area contributed by atoms with Crippen molar-refractivity contribution in [2.75, 3.05) is 20.1 Å². The van der Waals surface area contributed by atoms with Gasteiger partial charge in [0.25, 0.3) is 0 Å². The molecule has 1 aromatic carbocycles. The molecule has 0 atom stereocenters. The van der Waals surface area contributed by atoms with E-state index in [1.54, 1.807) is 0 Å². The summed E-state index contributed by atoms with van der Waals surface area (Å²) in [6, 6.07) is 4.68. The summed E-state index contributed by atoms with van der Waals surface area (Å²) < 4.78 is 38.4. The van der Waals surface area contributed by atoms with Gasteiger partial charge in [0, 0.05) is 26.6 Å². The highest BCUT2D eigenvalue weighted by Crippen LogP contribution is 2.15. The molecule has 0 saturated heterocycles. The van der Waals surface area contributed by atoms with E-state index in [0.717, 1.165) is 18.6 Å². The zero-order valence-electron chi connectivity index (χ0n) is 12.3. The fourth-order valence-electron chi connectivity index (χ4n) is 1.72. The van der Waals surface area contributed by atoms with Gasteiger partial charge in [0.1, 0.15) is 5.82 Å².